The summed E-state index contributed by atoms with van der Waals surface area (Å²) < 4.78 is 5.65. The number of methoxy groups -OCH3 is 1. The Hall–Kier alpha value is -1.88. The summed E-state index contributed by atoms with van der Waals surface area (Å²) in [6.07, 6.45) is 6.36. The summed E-state index contributed by atoms with van der Waals surface area (Å²) in [6, 6.07) is 6.72. The number of rotatable bonds is 7. The number of nitrogens with zero attached hydrogens (tertiary/aromatic N) is 1. The largest absolute Gasteiger partial charge is 0.379 e. The Morgan fingerprint density at radius 2 is 1.79 bits per heavy atom. The SMILES string of the molecule is CCCCN(C(=O)c1ccc(C(N)=O)cc1)[C@@H]1CCCC[C@H]1OC. The molecule has 1 aromatic carbocycles. The van der Waals surface area contributed by atoms with Gasteiger partial charge in [0.1, 0.15) is 0 Å². The van der Waals surface area contributed by atoms with Crippen molar-refractivity contribution in [3.8, 4) is 0 Å². The number of carbonyl (C=O) groups is 2. The summed E-state index contributed by atoms with van der Waals surface area (Å²) in [6.45, 7) is 2.86. The highest BCUT2D eigenvalue weighted by Gasteiger charge is 2.33. The predicted molar refractivity (Wildman–Crippen MR) is 94.0 cm³/mol. The lowest BCUT2D eigenvalue weighted by Crippen LogP contribution is -2.49. The van der Waals surface area contributed by atoms with Crippen molar-refractivity contribution in [3.05, 3.63) is 35.4 Å². The van der Waals surface area contributed by atoms with Crippen molar-refractivity contribution in [3.63, 3.8) is 0 Å². The Bertz CT molecular complexity index is 556. The topological polar surface area (TPSA) is 72.6 Å². The summed E-state index contributed by atoms with van der Waals surface area (Å²) in [5.74, 6) is -0.475. The Labute approximate surface area is 144 Å². The Balaban J connectivity index is 2.22. The molecule has 0 radical (unpaired) electrons. The van der Waals surface area contributed by atoms with Crippen LogP contribution in [0.5, 0.6) is 0 Å². The van der Waals surface area contributed by atoms with Gasteiger partial charge in [-0.15, -0.1) is 0 Å². The highest BCUT2D eigenvalue weighted by Crippen LogP contribution is 2.27. The summed E-state index contributed by atoms with van der Waals surface area (Å²) in [5.41, 5.74) is 6.28. The first kappa shape index (κ1) is 18.5. The van der Waals surface area contributed by atoms with Gasteiger partial charge in [-0.1, -0.05) is 26.2 Å². The summed E-state index contributed by atoms with van der Waals surface area (Å²) in [5, 5.41) is 0. The molecule has 2 rings (SSSR count). The van der Waals surface area contributed by atoms with Crippen LogP contribution in [0.4, 0.5) is 0 Å². The number of primary amides is 1. The van der Waals surface area contributed by atoms with Gasteiger partial charge in [-0.2, -0.15) is 0 Å². The standard InChI is InChI=1S/C19H28N2O3/c1-3-4-13-21(16-7-5-6-8-17(16)24-2)19(23)15-11-9-14(10-12-15)18(20)22/h9-12,16-17H,3-8,13H2,1-2H3,(H2,20,22)/t16-,17-/m1/s1. The van der Waals surface area contributed by atoms with Gasteiger partial charge < -0.3 is 15.4 Å². The molecule has 132 valence electrons. The third kappa shape index (κ3) is 4.35. The van der Waals surface area contributed by atoms with Gasteiger partial charge in [0.15, 0.2) is 0 Å². The first-order valence-corrected chi connectivity index (χ1v) is 8.82. The monoisotopic (exact) mass is 332 g/mol. The summed E-state index contributed by atoms with van der Waals surface area (Å²) in [7, 11) is 1.73. The minimum absolute atomic E-state index is 0.00780. The smallest absolute Gasteiger partial charge is 0.254 e. The molecule has 2 amide bonds. The third-order valence-corrected chi connectivity index (χ3v) is 4.80. The van der Waals surface area contributed by atoms with Crippen molar-refractivity contribution < 1.29 is 14.3 Å². The van der Waals surface area contributed by atoms with E-state index in [2.05, 4.69) is 6.92 Å². The third-order valence-electron chi connectivity index (χ3n) is 4.80. The Morgan fingerprint density at radius 1 is 1.17 bits per heavy atom. The fourth-order valence-electron chi connectivity index (χ4n) is 3.40. The minimum atomic E-state index is -0.483. The van der Waals surface area contributed by atoms with Crippen molar-refractivity contribution in [1.82, 2.24) is 4.90 Å². The number of benzene rings is 1. The van der Waals surface area contributed by atoms with Crippen molar-refractivity contribution in [2.75, 3.05) is 13.7 Å². The molecule has 2 atom stereocenters. The zero-order valence-corrected chi connectivity index (χ0v) is 14.7. The van der Waals surface area contributed by atoms with E-state index in [0.717, 1.165) is 45.1 Å². The van der Waals surface area contributed by atoms with E-state index < -0.39 is 5.91 Å². The fourth-order valence-corrected chi connectivity index (χ4v) is 3.40. The molecule has 5 nitrogen and oxygen atoms in total. The lowest BCUT2D eigenvalue weighted by Gasteiger charge is -2.39. The fraction of sp³-hybridized carbons (Fsp3) is 0.579. The van der Waals surface area contributed by atoms with Crippen molar-refractivity contribution in [1.29, 1.82) is 0 Å². The van der Waals surface area contributed by atoms with Crippen molar-refractivity contribution in [2.45, 2.75) is 57.6 Å². The molecule has 1 saturated carbocycles. The second-order valence-electron chi connectivity index (χ2n) is 6.42. The van der Waals surface area contributed by atoms with Crippen LogP contribution in [-0.2, 0) is 4.74 Å². The minimum Gasteiger partial charge on any atom is -0.379 e. The number of amides is 2. The lowest BCUT2D eigenvalue weighted by molar-refractivity contribution is -0.00675. The number of nitrogens with two attached hydrogens (primary N) is 1. The average molecular weight is 332 g/mol. The van der Waals surface area contributed by atoms with Crippen LogP contribution in [0, 0.1) is 0 Å². The second kappa shape index (κ2) is 8.83. The molecular weight excluding hydrogens is 304 g/mol. The predicted octanol–water partition coefficient (Wildman–Crippen LogP) is 2.99. The number of unbranched alkanes of at least 4 members (excludes halogenated alkanes) is 1. The highest BCUT2D eigenvalue weighted by molar-refractivity contribution is 5.97. The average Bonchev–Trinajstić information content (AvgIpc) is 2.62. The molecular formula is C19H28N2O3. The van der Waals surface area contributed by atoms with E-state index in [9.17, 15) is 9.59 Å². The van der Waals surface area contributed by atoms with Crippen LogP contribution in [0.15, 0.2) is 24.3 Å². The van der Waals surface area contributed by atoms with Crippen molar-refractivity contribution >= 4 is 11.8 Å². The van der Waals surface area contributed by atoms with E-state index in [4.69, 9.17) is 10.5 Å². The molecule has 24 heavy (non-hydrogen) atoms. The molecule has 0 heterocycles. The molecule has 0 bridgehead atoms. The van der Waals surface area contributed by atoms with Gasteiger partial charge >= 0.3 is 0 Å². The molecule has 5 heteroatoms. The molecule has 1 aliphatic rings. The van der Waals surface area contributed by atoms with E-state index >= 15 is 0 Å². The normalized spacial score (nSPS) is 20.6. The quantitative estimate of drug-likeness (QED) is 0.834. The molecule has 0 spiro atoms. The van der Waals surface area contributed by atoms with E-state index in [1.54, 1.807) is 31.4 Å². The second-order valence-corrected chi connectivity index (χ2v) is 6.42. The van der Waals surface area contributed by atoms with Crippen LogP contribution in [0.1, 0.15) is 66.2 Å². The zero-order chi connectivity index (χ0) is 17.5. The van der Waals surface area contributed by atoms with E-state index in [0.29, 0.717) is 11.1 Å². The number of hydrogen-bond donors (Lipinski definition) is 1. The van der Waals surface area contributed by atoms with Crippen LogP contribution in [0.25, 0.3) is 0 Å². The maximum absolute atomic E-state index is 13.0. The lowest BCUT2D eigenvalue weighted by atomic mass is 9.90. The Kier molecular flexibility index (Phi) is 6.79. The van der Waals surface area contributed by atoms with Gasteiger partial charge in [-0.3, -0.25) is 9.59 Å². The van der Waals surface area contributed by atoms with Gasteiger partial charge in [0.25, 0.3) is 5.91 Å². The molecule has 0 saturated heterocycles. The summed E-state index contributed by atoms with van der Waals surface area (Å²) >= 11 is 0. The van der Waals surface area contributed by atoms with Gasteiger partial charge in [0.2, 0.25) is 5.91 Å². The maximum Gasteiger partial charge on any atom is 0.254 e. The number of carbonyl (C=O) groups excluding carboxylic acids is 2. The van der Waals surface area contributed by atoms with E-state index in [1.165, 1.54) is 0 Å². The summed E-state index contributed by atoms with van der Waals surface area (Å²) in [4.78, 5) is 26.2. The first-order chi connectivity index (χ1) is 11.6. The number of ether oxygens (including phenoxy) is 1. The van der Waals surface area contributed by atoms with Gasteiger partial charge in [-0.05, 0) is 43.5 Å². The van der Waals surface area contributed by atoms with Crippen molar-refractivity contribution in [2.24, 2.45) is 5.73 Å². The maximum atomic E-state index is 13.0. The molecule has 1 aromatic rings. The van der Waals surface area contributed by atoms with E-state index in [-0.39, 0.29) is 18.1 Å². The van der Waals surface area contributed by atoms with Gasteiger partial charge in [0, 0.05) is 24.8 Å². The van der Waals surface area contributed by atoms with Crippen LogP contribution < -0.4 is 5.73 Å². The molecule has 0 aliphatic heterocycles. The van der Waals surface area contributed by atoms with Crippen LogP contribution in [0.3, 0.4) is 0 Å². The van der Waals surface area contributed by atoms with Crippen LogP contribution in [-0.4, -0.2) is 42.5 Å². The van der Waals surface area contributed by atoms with Gasteiger partial charge in [0.05, 0.1) is 12.1 Å². The Morgan fingerprint density at radius 3 is 2.38 bits per heavy atom. The molecule has 0 aromatic heterocycles. The molecule has 1 fully saturated rings. The van der Waals surface area contributed by atoms with Crippen LogP contribution >= 0.6 is 0 Å². The highest BCUT2D eigenvalue weighted by atomic mass is 16.5. The van der Waals surface area contributed by atoms with E-state index in [1.807, 2.05) is 4.90 Å². The van der Waals surface area contributed by atoms with Gasteiger partial charge in [-0.25, -0.2) is 0 Å². The molecule has 0 unspecified atom stereocenters. The first-order valence-electron chi connectivity index (χ1n) is 8.82. The zero-order valence-electron chi connectivity index (χ0n) is 14.7. The number of hydrogen-bond acceptors (Lipinski definition) is 3. The molecule has 1 aliphatic carbocycles. The van der Waals surface area contributed by atoms with Crippen LogP contribution in [0.2, 0.25) is 0 Å². The molecule has 2 N–H and O–H groups in total.